The van der Waals surface area contributed by atoms with Gasteiger partial charge in [0.1, 0.15) is 0 Å². The van der Waals surface area contributed by atoms with Gasteiger partial charge in [-0.25, -0.2) is 0 Å². The first-order valence-electron chi connectivity index (χ1n) is 10.6. The Morgan fingerprint density at radius 3 is 2.84 bits per heavy atom. The second-order valence-corrected chi connectivity index (χ2v) is 9.24. The highest BCUT2D eigenvalue weighted by molar-refractivity contribution is 8.01. The molecule has 2 amide bonds. The third kappa shape index (κ3) is 4.23. The van der Waals surface area contributed by atoms with Crippen LogP contribution in [0.25, 0.3) is 0 Å². The molecule has 2 aromatic carbocycles. The molecule has 2 heterocycles. The van der Waals surface area contributed by atoms with Crippen LogP contribution in [0.2, 0.25) is 0 Å². The van der Waals surface area contributed by atoms with E-state index in [9.17, 15) is 9.59 Å². The third-order valence-electron chi connectivity index (χ3n) is 5.85. The minimum atomic E-state index is -0.418. The van der Waals surface area contributed by atoms with E-state index in [2.05, 4.69) is 27.9 Å². The Bertz CT molecular complexity index is 1110. The van der Waals surface area contributed by atoms with E-state index in [0.717, 1.165) is 42.0 Å². The number of carbonyl (C=O) groups is 2. The van der Waals surface area contributed by atoms with Gasteiger partial charge in [0.25, 0.3) is 0 Å². The fraction of sp³-hybridized carbons (Fsp3) is 0.292. The van der Waals surface area contributed by atoms with Gasteiger partial charge in [-0.15, -0.1) is 11.8 Å². The van der Waals surface area contributed by atoms with Crippen molar-refractivity contribution in [2.45, 2.75) is 48.4 Å². The van der Waals surface area contributed by atoms with Crippen LogP contribution >= 0.6 is 11.8 Å². The zero-order chi connectivity index (χ0) is 21.2. The molecular formula is C24H24N4O2S. The highest BCUT2D eigenvalue weighted by atomic mass is 32.2. The van der Waals surface area contributed by atoms with Gasteiger partial charge in [0.2, 0.25) is 11.8 Å². The summed E-state index contributed by atoms with van der Waals surface area (Å²) in [7, 11) is 0. The Labute approximate surface area is 185 Å². The largest absolute Gasteiger partial charge is 0.349 e. The molecule has 0 radical (unpaired) electrons. The number of nitrogens with zero attached hydrogens (tertiary/aromatic N) is 2. The van der Waals surface area contributed by atoms with Crippen LogP contribution in [0.1, 0.15) is 42.1 Å². The van der Waals surface area contributed by atoms with Crippen molar-refractivity contribution >= 4 is 29.3 Å². The summed E-state index contributed by atoms with van der Waals surface area (Å²) in [4.78, 5) is 26.2. The van der Waals surface area contributed by atoms with Crippen LogP contribution in [-0.2, 0) is 22.6 Å². The van der Waals surface area contributed by atoms with E-state index < -0.39 is 5.25 Å². The number of hydrogen-bond donors (Lipinski definition) is 2. The first kappa shape index (κ1) is 19.9. The standard InChI is InChI=1S/C24H24N4O2S/c29-23(13-22-24(30)27-19-9-4-5-12-21(19)31-22)26-18-10-6-11-20-17(18)14-25-28(20)15-16-7-2-1-3-8-16/h1-5,7-9,12,14,18,22H,6,10-11,13,15H2,(H,26,29)(H,27,30). The predicted molar refractivity (Wildman–Crippen MR) is 121 cm³/mol. The minimum absolute atomic E-state index is 0.0512. The molecule has 1 aliphatic heterocycles. The molecule has 0 bridgehead atoms. The number of aromatic nitrogens is 2. The van der Waals surface area contributed by atoms with E-state index in [1.54, 1.807) is 0 Å². The lowest BCUT2D eigenvalue weighted by Crippen LogP contribution is -2.37. The van der Waals surface area contributed by atoms with Gasteiger partial charge in [0.05, 0.1) is 29.7 Å². The van der Waals surface area contributed by atoms with Crippen LogP contribution in [0.5, 0.6) is 0 Å². The van der Waals surface area contributed by atoms with Gasteiger partial charge in [-0.05, 0) is 37.0 Å². The fourth-order valence-electron chi connectivity index (χ4n) is 4.31. The summed E-state index contributed by atoms with van der Waals surface area (Å²) in [6.45, 7) is 0.731. The van der Waals surface area contributed by atoms with Gasteiger partial charge in [0.15, 0.2) is 0 Å². The molecule has 31 heavy (non-hydrogen) atoms. The number of amides is 2. The minimum Gasteiger partial charge on any atom is -0.349 e. The van der Waals surface area contributed by atoms with Gasteiger partial charge in [-0.1, -0.05) is 42.5 Å². The van der Waals surface area contributed by atoms with Crippen molar-refractivity contribution in [3.05, 3.63) is 77.6 Å². The second-order valence-electron chi connectivity index (χ2n) is 8.00. The van der Waals surface area contributed by atoms with E-state index in [1.807, 2.05) is 53.3 Å². The molecule has 0 fully saturated rings. The zero-order valence-corrected chi connectivity index (χ0v) is 17.9. The summed E-state index contributed by atoms with van der Waals surface area (Å²) in [5.41, 5.74) is 4.32. The van der Waals surface area contributed by atoms with Gasteiger partial charge in [0, 0.05) is 22.6 Å². The number of nitrogens with one attached hydrogen (secondary N) is 2. The van der Waals surface area contributed by atoms with Crippen molar-refractivity contribution in [3.63, 3.8) is 0 Å². The third-order valence-corrected chi connectivity index (χ3v) is 7.13. The first-order valence-corrected chi connectivity index (χ1v) is 11.5. The zero-order valence-electron chi connectivity index (χ0n) is 17.1. The van der Waals surface area contributed by atoms with Crippen molar-refractivity contribution in [2.75, 3.05) is 5.32 Å². The van der Waals surface area contributed by atoms with Gasteiger partial charge in [-0.3, -0.25) is 14.3 Å². The molecule has 7 heteroatoms. The van der Waals surface area contributed by atoms with Crippen LogP contribution < -0.4 is 10.6 Å². The Hall–Kier alpha value is -3.06. The highest BCUT2D eigenvalue weighted by Gasteiger charge is 2.31. The normalized spacial score (nSPS) is 19.8. The topological polar surface area (TPSA) is 76.0 Å². The summed E-state index contributed by atoms with van der Waals surface area (Å²) < 4.78 is 2.05. The highest BCUT2D eigenvalue weighted by Crippen LogP contribution is 2.37. The number of benzene rings is 2. The Kier molecular flexibility index (Phi) is 5.51. The van der Waals surface area contributed by atoms with E-state index in [-0.39, 0.29) is 24.3 Å². The van der Waals surface area contributed by atoms with Crippen LogP contribution in [0.3, 0.4) is 0 Å². The number of hydrogen-bond acceptors (Lipinski definition) is 4. The van der Waals surface area contributed by atoms with Gasteiger partial charge in [-0.2, -0.15) is 5.10 Å². The van der Waals surface area contributed by atoms with E-state index >= 15 is 0 Å². The monoisotopic (exact) mass is 432 g/mol. The molecule has 0 saturated heterocycles. The average molecular weight is 433 g/mol. The van der Waals surface area contributed by atoms with E-state index in [0.29, 0.717) is 0 Å². The SMILES string of the molecule is O=C(CC1Sc2ccccc2NC1=O)NC1CCCc2c1cnn2Cc1ccccc1. The van der Waals surface area contributed by atoms with Crippen molar-refractivity contribution in [1.29, 1.82) is 0 Å². The number of fused-ring (bicyclic) bond motifs is 2. The molecule has 0 spiro atoms. The van der Waals surface area contributed by atoms with E-state index in [4.69, 9.17) is 0 Å². The van der Waals surface area contributed by atoms with Crippen LogP contribution in [0, 0.1) is 0 Å². The maximum absolute atomic E-state index is 12.8. The fourth-order valence-corrected chi connectivity index (χ4v) is 5.42. The molecule has 5 rings (SSSR count). The maximum atomic E-state index is 12.8. The Morgan fingerprint density at radius 1 is 1.16 bits per heavy atom. The maximum Gasteiger partial charge on any atom is 0.238 e. The molecule has 6 nitrogen and oxygen atoms in total. The van der Waals surface area contributed by atoms with Crippen molar-refractivity contribution < 1.29 is 9.59 Å². The lowest BCUT2D eigenvalue weighted by Gasteiger charge is -2.26. The summed E-state index contributed by atoms with van der Waals surface area (Å²) in [6.07, 6.45) is 4.91. The predicted octanol–water partition coefficient (Wildman–Crippen LogP) is 3.93. The summed E-state index contributed by atoms with van der Waals surface area (Å²) in [6, 6.07) is 17.9. The summed E-state index contributed by atoms with van der Waals surface area (Å²) >= 11 is 1.46. The van der Waals surface area contributed by atoms with Crippen LogP contribution in [0.15, 0.2) is 65.7 Å². The first-order chi connectivity index (χ1) is 15.2. The number of carbonyl (C=O) groups excluding carboxylic acids is 2. The lowest BCUT2D eigenvalue weighted by atomic mass is 9.92. The van der Waals surface area contributed by atoms with Crippen LogP contribution in [0.4, 0.5) is 5.69 Å². The quantitative estimate of drug-likeness (QED) is 0.641. The number of anilines is 1. The van der Waals surface area contributed by atoms with Crippen molar-refractivity contribution in [2.24, 2.45) is 0 Å². The van der Waals surface area contributed by atoms with Crippen molar-refractivity contribution in [1.82, 2.24) is 15.1 Å². The van der Waals surface area contributed by atoms with E-state index in [1.165, 1.54) is 23.0 Å². The number of thioether (sulfide) groups is 1. The molecule has 2 atom stereocenters. The van der Waals surface area contributed by atoms with Gasteiger partial charge >= 0.3 is 0 Å². The smallest absolute Gasteiger partial charge is 0.238 e. The molecule has 2 unspecified atom stereocenters. The lowest BCUT2D eigenvalue weighted by molar-refractivity contribution is -0.124. The average Bonchev–Trinajstić information content (AvgIpc) is 3.19. The molecular weight excluding hydrogens is 408 g/mol. The van der Waals surface area contributed by atoms with Gasteiger partial charge < -0.3 is 10.6 Å². The molecule has 1 aromatic heterocycles. The second kappa shape index (κ2) is 8.59. The molecule has 1 aliphatic carbocycles. The summed E-state index contributed by atoms with van der Waals surface area (Å²) in [5, 5.41) is 10.2. The summed E-state index contributed by atoms with van der Waals surface area (Å²) in [5.74, 6) is -0.209. The Balaban J connectivity index is 1.25. The Morgan fingerprint density at radius 2 is 1.97 bits per heavy atom. The molecule has 2 N–H and O–H groups in total. The molecule has 3 aromatic rings. The van der Waals surface area contributed by atoms with Crippen LogP contribution in [-0.4, -0.2) is 26.8 Å². The van der Waals surface area contributed by atoms with Crippen molar-refractivity contribution in [3.8, 4) is 0 Å². The number of para-hydroxylation sites is 1. The molecule has 158 valence electrons. The molecule has 0 saturated carbocycles. The molecule has 2 aliphatic rings. The number of rotatable bonds is 5.